The van der Waals surface area contributed by atoms with Crippen LogP contribution in [0.3, 0.4) is 0 Å². The number of anilines is 1. The van der Waals surface area contributed by atoms with Crippen LogP contribution in [0.25, 0.3) is 0 Å². The standard InChI is InChI=1S/C31H34N4O2/c1-22-16-23(14-15-28(22)33(2)3)18-34-21-32-27-19-35(26(20-36)17-29(27)34)31(37)30(24-10-6-4-7-11-24)25-12-8-5-9-13-25/h4-16,21,26,30,36H,17-20H2,1-3H3/t26-/m0/s1. The minimum absolute atomic E-state index is 0.00782. The van der Waals surface area contributed by atoms with Crippen molar-refractivity contribution in [3.63, 3.8) is 0 Å². The van der Waals surface area contributed by atoms with Crippen LogP contribution in [-0.4, -0.2) is 52.2 Å². The van der Waals surface area contributed by atoms with Gasteiger partial charge >= 0.3 is 0 Å². The van der Waals surface area contributed by atoms with Gasteiger partial charge in [0.25, 0.3) is 0 Å². The van der Waals surface area contributed by atoms with Crippen molar-refractivity contribution in [1.29, 1.82) is 0 Å². The zero-order valence-electron chi connectivity index (χ0n) is 21.7. The first-order valence-corrected chi connectivity index (χ1v) is 12.8. The van der Waals surface area contributed by atoms with Crippen molar-refractivity contribution in [2.24, 2.45) is 0 Å². The predicted molar refractivity (Wildman–Crippen MR) is 147 cm³/mol. The van der Waals surface area contributed by atoms with Gasteiger partial charge in [0.1, 0.15) is 0 Å². The van der Waals surface area contributed by atoms with Gasteiger partial charge in [-0.2, -0.15) is 0 Å². The average Bonchev–Trinajstić information content (AvgIpc) is 3.30. The summed E-state index contributed by atoms with van der Waals surface area (Å²) in [6, 6.07) is 26.0. The van der Waals surface area contributed by atoms with Crippen LogP contribution in [0.4, 0.5) is 5.69 Å². The van der Waals surface area contributed by atoms with E-state index >= 15 is 0 Å². The largest absolute Gasteiger partial charge is 0.394 e. The highest BCUT2D eigenvalue weighted by atomic mass is 16.3. The topological polar surface area (TPSA) is 61.6 Å². The Bertz CT molecular complexity index is 1330. The minimum atomic E-state index is -0.432. The van der Waals surface area contributed by atoms with Crippen molar-refractivity contribution >= 4 is 11.6 Å². The molecule has 190 valence electrons. The van der Waals surface area contributed by atoms with E-state index in [2.05, 4.69) is 48.7 Å². The van der Waals surface area contributed by atoms with Crippen molar-refractivity contribution in [1.82, 2.24) is 14.5 Å². The molecule has 0 fully saturated rings. The van der Waals surface area contributed by atoms with Gasteiger partial charge in [-0.1, -0.05) is 72.8 Å². The van der Waals surface area contributed by atoms with Crippen molar-refractivity contribution in [2.75, 3.05) is 25.6 Å². The number of hydrogen-bond donors (Lipinski definition) is 1. The molecule has 5 rings (SSSR count). The third-order valence-electron chi connectivity index (χ3n) is 7.33. The zero-order valence-corrected chi connectivity index (χ0v) is 21.7. The maximum absolute atomic E-state index is 14.1. The second kappa shape index (κ2) is 10.6. The van der Waals surface area contributed by atoms with E-state index in [4.69, 9.17) is 4.98 Å². The number of imidazole rings is 1. The average molecular weight is 495 g/mol. The maximum Gasteiger partial charge on any atom is 0.235 e. The Morgan fingerprint density at radius 2 is 1.68 bits per heavy atom. The molecule has 1 N–H and O–H groups in total. The van der Waals surface area contributed by atoms with E-state index < -0.39 is 5.92 Å². The molecule has 1 aromatic heterocycles. The Morgan fingerprint density at radius 1 is 1.03 bits per heavy atom. The highest BCUT2D eigenvalue weighted by Crippen LogP contribution is 2.32. The lowest BCUT2D eigenvalue weighted by Crippen LogP contribution is -2.48. The summed E-state index contributed by atoms with van der Waals surface area (Å²) >= 11 is 0. The van der Waals surface area contributed by atoms with Gasteiger partial charge in [0.2, 0.25) is 5.91 Å². The Kier molecular flexibility index (Phi) is 7.10. The molecule has 6 nitrogen and oxygen atoms in total. The van der Waals surface area contributed by atoms with Crippen LogP contribution in [-0.2, 0) is 24.3 Å². The van der Waals surface area contributed by atoms with Crippen LogP contribution < -0.4 is 4.90 Å². The quantitative estimate of drug-likeness (QED) is 0.414. The first kappa shape index (κ1) is 24.8. The molecule has 0 spiro atoms. The number of benzene rings is 3. The molecule has 1 atom stereocenters. The molecule has 0 saturated carbocycles. The maximum atomic E-state index is 14.1. The summed E-state index contributed by atoms with van der Waals surface area (Å²) in [4.78, 5) is 22.7. The van der Waals surface area contributed by atoms with E-state index in [1.807, 2.05) is 71.9 Å². The number of hydrogen-bond acceptors (Lipinski definition) is 4. The number of nitrogens with zero attached hydrogens (tertiary/aromatic N) is 4. The number of aliphatic hydroxyl groups excluding tert-OH is 1. The second-order valence-electron chi connectivity index (χ2n) is 10.0. The molecule has 0 bridgehead atoms. The van der Waals surface area contributed by atoms with Gasteiger partial charge < -0.3 is 19.5 Å². The lowest BCUT2D eigenvalue weighted by molar-refractivity contribution is -0.136. The molecular weight excluding hydrogens is 460 g/mol. The van der Waals surface area contributed by atoms with Crippen LogP contribution in [0, 0.1) is 6.92 Å². The normalized spacial score (nSPS) is 15.1. The van der Waals surface area contributed by atoms with Gasteiger partial charge in [-0.15, -0.1) is 0 Å². The molecule has 4 aromatic rings. The summed E-state index contributed by atoms with van der Waals surface area (Å²) in [5, 5.41) is 10.4. The summed E-state index contributed by atoms with van der Waals surface area (Å²) in [7, 11) is 4.10. The molecule has 0 unspecified atom stereocenters. The zero-order chi connectivity index (χ0) is 25.9. The predicted octanol–water partition coefficient (Wildman–Crippen LogP) is 4.38. The van der Waals surface area contributed by atoms with Crippen molar-refractivity contribution < 1.29 is 9.90 Å². The first-order chi connectivity index (χ1) is 18.0. The number of carbonyl (C=O) groups is 1. The molecule has 3 aromatic carbocycles. The molecule has 6 heteroatoms. The third kappa shape index (κ3) is 5.02. The monoisotopic (exact) mass is 494 g/mol. The van der Waals surface area contributed by atoms with Gasteiger partial charge in [0.05, 0.1) is 37.1 Å². The summed E-state index contributed by atoms with van der Waals surface area (Å²) in [6.45, 7) is 3.13. The molecule has 0 saturated heterocycles. The SMILES string of the molecule is Cc1cc(Cn2cnc3c2C[C@@H](CO)N(C(=O)C(c2ccccc2)c2ccccc2)C3)ccc1N(C)C. The van der Waals surface area contributed by atoms with Gasteiger partial charge in [-0.05, 0) is 35.2 Å². The lowest BCUT2D eigenvalue weighted by atomic mass is 9.88. The van der Waals surface area contributed by atoms with E-state index in [0.29, 0.717) is 19.5 Å². The molecule has 0 aliphatic carbocycles. The van der Waals surface area contributed by atoms with E-state index in [1.54, 1.807) is 0 Å². The number of rotatable bonds is 7. The molecule has 2 heterocycles. The molecule has 37 heavy (non-hydrogen) atoms. The molecule has 0 radical (unpaired) electrons. The third-order valence-corrected chi connectivity index (χ3v) is 7.33. The fraction of sp³-hybridized carbons (Fsp3) is 0.290. The van der Waals surface area contributed by atoms with Crippen LogP contribution in [0.15, 0.2) is 85.2 Å². The summed E-state index contributed by atoms with van der Waals surface area (Å²) in [5.41, 5.74) is 7.53. The molecule has 1 aliphatic rings. The molecule has 1 aliphatic heterocycles. The summed E-state index contributed by atoms with van der Waals surface area (Å²) in [6.07, 6.45) is 2.44. The van der Waals surface area contributed by atoms with Crippen LogP contribution in [0.1, 0.15) is 39.6 Å². The Balaban J connectivity index is 1.43. The lowest BCUT2D eigenvalue weighted by Gasteiger charge is -2.37. The molecule has 1 amide bonds. The Hall–Kier alpha value is -3.90. The van der Waals surface area contributed by atoms with Gasteiger partial charge in [0.15, 0.2) is 0 Å². The second-order valence-corrected chi connectivity index (χ2v) is 10.0. The number of fused-ring (bicyclic) bond motifs is 1. The summed E-state index contributed by atoms with van der Waals surface area (Å²) < 4.78 is 2.16. The van der Waals surface area contributed by atoms with Gasteiger partial charge in [-0.3, -0.25) is 4.79 Å². The van der Waals surface area contributed by atoms with Crippen LogP contribution >= 0.6 is 0 Å². The smallest absolute Gasteiger partial charge is 0.235 e. The Labute approximate surface area is 218 Å². The highest BCUT2D eigenvalue weighted by molar-refractivity contribution is 5.87. The number of amides is 1. The Morgan fingerprint density at radius 3 is 2.24 bits per heavy atom. The van der Waals surface area contributed by atoms with Crippen molar-refractivity contribution in [3.05, 3.63) is 119 Å². The highest BCUT2D eigenvalue weighted by Gasteiger charge is 2.36. The number of aromatic nitrogens is 2. The van der Waals surface area contributed by atoms with E-state index in [1.165, 1.54) is 16.8 Å². The van der Waals surface area contributed by atoms with E-state index in [0.717, 1.165) is 22.5 Å². The number of aryl methyl sites for hydroxylation is 1. The molecular formula is C31H34N4O2. The van der Waals surface area contributed by atoms with Crippen LogP contribution in [0.5, 0.6) is 0 Å². The van der Waals surface area contributed by atoms with E-state index in [-0.39, 0.29) is 18.6 Å². The fourth-order valence-electron chi connectivity index (χ4n) is 5.45. The summed E-state index contributed by atoms with van der Waals surface area (Å²) in [5.74, 6) is -0.440. The first-order valence-electron chi connectivity index (χ1n) is 12.8. The minimum Gasteiger partial charge on any atom is -0.394 e. The van der Waals surface area contributed by atoms with E-state index in [9.17, 15) is 9.90 Å². The van der Waals surface area contributed by atoms with Gasteiger partial charge in [-0.25, -0.2) is 4.98 Å². The number of carbonyl (C=O) groups excluding carboxylic acids is 1. The van der Waals surface area contributed by atoms with Crippen LogP contribution in [0.2, 0.25) is 0 Å². The fourth-order valence-corrected chi connectivity index (χ4v) is 5.45. The van der Waals surface area contributed by atoms with Crippen molar-refractivity contribution in [3.8, 4) is 0 Å². The number of aliphatic hydroxyl groups is 1. The van der Waals surface area contributed by atoms with Gasteiger partial charge in [0, 0.05) is 38.4 Å². The van der Waals surface area contributed by atoms with Crippen molar-refractivity contribution in [2.45, 2.75) is 38.4 Å².